The molecule has 2 amide bonds. The Labute approximate surface area is 107 Å². The van der Waals surface area contributed by atoms with Crippen LogP contribution in [0.25, 0.3) is 0 Å². The van der Waals surface area contributed by atoms with E-state index >= 15 is 0 Å². The maximum absolute atomic E-state index is 11.6. The zero-order chi connectivity index (χ0) is 12.3. The highest BCUT2D eigenvalue weighted by Crippen LogP contribution is 2.21. The first kappa shape index (κ1) is 13.2. The average Bonchev–Trinajstić information content (AvgIpc) is 2.59. The Kier molecular flexibility index (Phi) is 4.09. The summed E-state index contributed by atoms with van der Waals surface area (Å²) in [5.41, 5.74) is 4.23. The van der Waals surface area contributed by atoms with E-state index in [1.54, 1.807) is 32.9 Å². The van der Waals surface area contributed by atoms with Crippen LogP contribution in [0.2, 0.25) is 0 Å². The predicted molar refractivity (Wildman–Crippen MR) is 67.1 cm³/mol. The lowest BCUT2D eigenvalue weighted by Crippen LogP contribution is -2.46. The quantitative estimate of drug-likeness (QED) is 0.782. The Hall–Kier alpha value is -0.880. The van der Waals surface area contributed by atoms with Crippen LogP contribution < -0.4 is 10.9 Å². The summed E-state index contributed by atoms with van der Waals surface area (Å²) in [5, 5.41) is 0. The molecule has 6 heteroatoms. The minimum atomic E-state index is -0.524. The molecule has 1 aromatic heterocycles. The number of nitrogens with one attached hydrogen (secondary N) is 2. The number of hydrogen-bond acceptors (Lipinski definition) is 3. The molecular formula is C10H13BrN2O2S. The van der Waals surface area contributed by atoms with Gasteiger partial charge in [-0.25, -0.2) is 0 Å². The van der Waals surface area contributed by atoms with Gasteiger partial charge in [-0.05, 0) is 28.1 Å². The fourth-order valence-electron chi connectivity index (χ4n) is 0.799. The minimum Gasteiger partial charge on any atom is -0.273 e. The summed E-state index contributed by atoms with van der Waals surface area (Å²) in [7, 11) is 0. The molecule has 0 atom stereocenters. The predicted octanol–water partition coefficient (Wildman–Crippen LogP) is 2.32. The second kappa shape index (κ2) is 4.97. The summed E-state index contributed by atoms with van der Waals surface area (Å²) in [6, 6.07) is 3.47. The van der Waals surface area contributed by atoms with Crippen molar-refractivity contribution in [3.05, 3.63) is 20.8 Å². The molecule has 0 aliphatic heterocycles. The van der Waals surface area contributed by atoms with Crippen molar-refractivity contribution in [3.63, 3.8) is 0 Å². The number of carbonyl (C=O) groups excluding carboxylic acids is 2. The number of carbonyl (C=O) groups is 2. The molecule has 0 aromatic carbocycles. The topological polar surface area (TPSA) is 58.2 Å². The summed E-state index contributed by atoms with van der Waals surface area (Å²) in [6.45, 7) is 5.32. The number of halogens is 1. The molecule has 4 nitrogen and oxygen atoms in total. The van der Waals surface area contributed by atoms with Crippen LogP contribution >= 0.6 is 27.3 Å². The minimum absolute atomic E-state index is 0.225. The van der Waals surface area contributed by atoms with Crippen LogP contribution in [0.4, 0.5) is 0 Å². The number of rotatable bonds is 1. The van der Waals surface area contributed by atoms with Gasteiger partial charge in [0.1, 0.15) is 0 Å². The second-order valence-electron chi connectivity index (χ2n) is 4.26. The standard InChI is InChI=1S/C10H13BrN2O2S/c1-10(2,3)9(15)13-12-8(14)6-4-5-7(11)16-6/h4-5H,1-3H3,(H,12,14)(H,13,15). The SMILES string of the molecule is CC(C)(C)C(=O)NNC(=O)c1ccc(Br)s1. The Morgan fingerprint density at radius 2 is 1.88 bits per heavy atom. The fraction of sp³-hybridized carbons (Fsp3) is 0.400. The van der Waals surface area contributed by atoms with E-state index in [1.807, 2.05) is 0 Å². The van der Waals surface area contributed by atoms with Crippen molar-refractivity contribution in [2.75, 3.05) is 0 Å². The van der Waals surface area contributed by atoms with Gasteiger partial charge < -0.3 is 0 Å². The Bertz CT molecular complexity index is 409. The first-order valence-corrected chi connectivity index (χ1v) is 6.28. The summed E-state index contributed by atoms with van der Waals surface area (Å²) in [6.07, 6.45) is 0. The van der Waals surface area contributed by atoms with Crippen LogP contribution in [0.3, 0.4) is 0 Å². The molecule has 1 rings (SSSR count). The van der Waals surface area contributed by atoms with E-state index in [9.17, 15) is 9.59 Å². The average molecular weight is 305 g/mol. The van der Waals surface area contributed by atoms with E-state index in [2.05, 4.69) is 26.8 Å². The normalized spacial score (nSPS) is 11.0. The summed E-state index contributed by atoms with van der Waals surface area (Å²) in [5.74, 6) is -0.537. The van der Waals surface area contributed by atoms with Crippen LogP contribution in [0.15, 0.2) is 15.9 Å². The molecule has 88 valence electrons. The van der Waals surface area contributed by atoms with Crippen LogP contribution in [0, 0.1) is 5.41 Å². The van der Waals surface area contributed by atoms with E-state index in [1.165, 1.54) is 11.3 Å². The third kappa shape index (κ3) is 3.61. The highest BCUT2D eigenvalue weighted by atomic mass is 79.9. The van der Waals surface area contributed by atoms with Gasteiger partial charge in [0.05, 0.1) is 8.66 Å². The van der Waals surface area contributed by atoms with Crippen molar-refractivity contribution in [1.29, 1.82) is 0 Å². The lowest BCUT2D eigenvalue weighted by Gasteiger charge is -2.17. The van der Waals surface area contributed by atoms with E-state index < -0.39 is 5.41 Å². The first-order chi connectivity index (χ1) is 7.30. The van der Waals surface area contributed by atoms with Gasteiger partial charge >= 0.3 is 0 Å². The van der Waals surface area contributed by atoms with Crippen molar-refractivity contribution >= 4 is 39.1 Å². The molecule has 16 heavy (non-hydrogen) atoms. The molecule has 0 aliphatic rings. The van der Waals surface area contributed by atoms with E-state index in [4.69, 9.17) is 0 Å². The van der Waals surface area contributed by atoms with E-state index in [0.29, 0.717) is 4.88 Å². The van der Waals surface area contributed by atoms with Crippen molar-refractivity contribution in [2.24, 2.45) is 5.41 Å². The molecule has 0 radical (unpaired) electrons. The largest absolute Gasteiger partial charge is 0.279 e. The molecule has 0 saturated carbocycles. The van der Waals surface area contributed by atoms with E-state index in [0.717, 1.165) is 3.79 Å². The highest BCUT2D eigenvalue weighted by molar-refractivity contribution is 9.11. The van der Waals surface area contributed by atoms with Gasteiger partial charge in [0, 0.05) is 5.41 Å². The number of hydrazine groups is 1. The molecule has 0 aliphatic carbocycles. The van der Waals surface area contributed by atoms with Crippen LogP contribution in [0.1, 0.15) is 30.4 Å². The second-order valence-corrected chi connectivity index (χ2v) is 6.73. The summed E-state index contributed by atoms with van der Waals surface area (Å²) < 4.78 is 0.875. The number of hydrogen-bond donors (Lipinski definition) is 2. The molecule has 1 heterocycles. The smallest absolute Gasteiger partial charge is 0.273 e. The molecule has 0 unspecified atom stereocenters. The van der Waals surface area contributed by atoms with Crippen LogP contribution in [-0.2, 0) is 4.79 Å². The van der Waals surface area contributed by atoms with Crippen molar-refractivity contribution < 1.29 is 9.59 Å². The first-order valence-electron chi connectivity index (χ1n) is 4.67. The molecular weight excluding hydrogens is 292 g/mol. The van der Waals surface area contributed by atoms with Gasteiger partial charge in [0.15, 0.2) is 0 Å². The maximum Gasteiger partial charge on any atom is 0.279 e. The zero-order valence-electron chi connectivity index (χ0n) is 9.26. The third-order valence-electron chi connectivity index (χ3n) is 1.77. The van der Waals surface area contributed by atoms with Gasteiger partial charge in [-0.15, -0.1) is 11.3 Å². The van der Waals surface area contributed by atoms with Crippen molar-refractivity contribution in [1.82, 2.24) is 10.9 Å². The number of thiophene rings is 1. The third-order valence-corrected chi connectivity index (χ3v) is 3.39. The van der Waals surface area contributed by atoms with Gasteiger partial charge in [-0.3, -0.25) is 20.4 Å². The van der Waals surface area contributed by atoms with Gasteiger partial charge in [0.2, 0.25) is 5.91 Å². The van der Waals surface area contributed by atoms with Gasteiger partial charge in [0.25, 0.3) is 5.91 Å². The van der Waals surface area contributed by atoms with Crippen molar-refractivity contribution in [2.45, 2.75) is 20.8 Å². The fourth-order valence-corrected chi connectivity index (χ4v) is 2.08. The molecule has 0 bridgehead atoms. The Morgan fingerprint density at radius 3 is 2.31 bits per heavy atom. The van der Waals surface area contributed by atoms with Gasteiger partial charge in [-0.1, -0.05) is 20.8 Å². The van der Waals surface area contributed by atoms with Crippen molar-refractivity contribution in [3.8, 4) is 0 Å². The summed E-state index contributed by atoms with van der Waals surface area (Å²) in [4.78, 5) is 23.6. The van der Waals surface area contributed by atoms with Crippen LogP contribution in [0.5, 0.6) is 0 Å². The van der Waals surface area contributed by atoms with Gasteiger partial charge in [-0.2, -0.15) is 0 Å². The highest BCUT2D eigenvalue weighted by Gasteiger charge is 2.21. The molecule has 2 N–H and O–H groups in total. The lowest BCUT2D eigenvalue weighted by molar-refractivity contribution is -0.129. The zero-order valence-corrected chi connectivity index (χ0v) is 11.7. The molecule has 1 aromatic rings. The monoisotopic (exact) mass is 304 g/mol. The maximum atomic E-state index is 11.6. The Balaban J connectivity index is 2.51. The summed E-state index contributed by atoms with van der Waals surface area (Å²) >= 11 is 4.57. The lowest BCUT2D eigenvalue weighted by atomic mass is 9.96. The van der Waals surface area contributed by atoms with Crippen LogP contribution in [-0.4, -0.2) is 11.8 Å². The van der Waals surface area contributed by atoms with E-state index in [-0.39, 0.29) is 11.8 Å². The molecule has 0 saturated heterocycles. The number of amides is 2. The Morgan fingerprint density at radius 1 is 1.25 bits per heavy atom. The molecule has 0 spiro atoms. The molecule has 0 fully saturated rings.